The number of benzene rings is 1. The lowest BCUT2D eigenvalue weighted by molar-refractivity contribution is 0.102. The second-order valence-electron chi connectivity index (χ2n) is 7.47. The summed E-state index contributed by atoms with van der Waals surface area (Å²) >= 11 is 0. The molecule has 0 unspecified atom stereocenters. The predicted molar refractivity (Wildman–Crippen MR) is 108 cm³/mol. The van der Waals surface area contributed by atoms with E-state index in [1.54, 1.807) is 6.07 Å². The summed E-state index contributed by atoms with van der Waals surface area (Å²) in [7, 11) is 0. The molecule has 1 N–H and O–H groups in total. The highest BCUT2D eigenvalue weighted by Crippen LogP contribution is 2.22. The van der Waals surface area contributed by atoms with E-state index in [0.29, 0.717) is 17.2 Å². The fourth-order valence-electron chi connectivity index (χ4n) is 3.15. The van der Waals surface area contributed by atoms with Gasteiger partial charge >= 0.3 is 0 Å². The molecular weight excluding hydrogens is 340 g/mol. The molecule has 1 aromatic heterocycles. The maximum atomic E-state index is 12.7. The van der Waals surface area contributed by atoms with E-state index in [4.69, 9.17) is 4.74 Å². The van der Waals surface area contributed by atoms with Gasteiger partial charge in [0.25, 0.3) is 5.91 Å². The van der Waals surface area contributed by atoms with Crippen LogP contribution in [0.1, 0.15) is 49.9 Å². The molecule has 1 aliphatic rings. The highest BCUT2D eigenvalue weighted by molar-refractivity contribution is 6.03. The van der Waals surface area contributed by atoms with Crippen LogP contribution in [0.15, 0.2) is 30.3 Å². The number of aryl methyl sites for hydroxylation is 1. The van der Waals surface area contributed by atoms with Crippen LogP contribution in [0.4, 0.5) is 11.5 Å². The zero-order valence-electron chi connectivity index (χ0n) is 16.5. The number of piperidine rings is 1. The summed E-state index contributed by atoms with van der Waals surface area (Å²) in [6, 6.07) is 9.14. The second-order valence-corrected chi connectivity index (χ2v) is 7.47. The van der Waals surface area contributed by atoms with E-state index in [1.807, 2.05) is 45.0 Å². The van der Waals surface area contributed by atoms with Crippen molar-refractivity contribution in [2.24, 2.45) is 5.92 Å². The number of anilines is 2. The van der Waals surface area contributed by atoms with Gasteiger partial charge in [-0.1, -0.05) is 6.92 Å². The van der Waals surface area contributed by atoms with E-state index < -0.39 is 0 Å². The lowest BCUT2D eigenvalue weighted by Gasteiger charge is -2.31. The number of carbonyl (C=O) groups is 1. The standard InChI is InChI=1S/C21H28N4O2/c1-14(2)27-18-7-5-17(6-8-18)24-21(26)19-13-20(23-16(4)22-19)25-11-9-15(3)10-12-25/h5-8,13-15H,9-12H2,1-4H3,(H,24,26). The smallest absolute Gasteiger partial charge is 0.274 e. The molecule has 6 nitrogen and oxygen atoms in total. The fraction of sp³-hybridized carbons (Fsp3) is 0.476. The molecule has 0 spiro atoms. The Kier molecular flexibility index (Phi) is 5.94. The van der Waals surface area contributed by atoms with Crippen molar-refractivity contribution in [1.29, 1.82) is 0 Å². The lowest BCUT2D eigenvalue weighted by atomic mass is 9.99. The molecule has 144 valence electrons. The molecule has 1 aromatic carbocycles. The number of ether oxygens (including phenoxy) is 1. The van der Waals surface area contributed by atoms with Gasteiger partial charge in [-0.25, -0.2) is 9.97 Å². The van der Waals surface area contributed by atoms with Crippen LogP contribution in [0.3, 0.4) is 0 Å². The Morgan fingerprint density at radius 1 is 1.19 bits per heavy atom. The van der Waals surface area contributed by atoms with Crippen LogP contribution in [0.25, 0.3) is 0 Å². The van der Waals surface area contributed by atoms with E-state index in [2.05, 4.69) is 27.1 Å². The molecule has 1 saturated heterocycles. The van der Waals surface area contributed by atoms with Crippen molar-refractivity contribution in [3.8, 4) is 5.75 Å². The summed E-state index contributed by atoms with van der Waals surface area (Å²) in [4.78, 5) is 23.8. The Morgan fingerprint density at radius 2 is 1.85 bits per heavy atom. The van der Waals surface area contributed by atoms with Crippen LogP contribution >= 0.6 is 0 Å². The van der Waals surface area contributed by atoms with Gasteiger partial charge in [0.1, 0.15) is 23.1 Å². The minimum Gasteiger partial charge on any atom is -0.491 e. The molecule has 2 heterocycles. The molecule has 0 atom stereocenters. The molecule has 0 radical (unpaired) electrons. The van der Waals surface area contributed by atoms with Gasteiger partial charge in [-0.3, -0.25) is 4.79 Å². The van der Waals surface area contributed by atoms with Crippen molar-refractivity contribution in [3.05, 3.63) is 41.9 Å². The van der Waals surface area contributed by atoms with Gasteiger partial charge in [-0.05, 0) is 63.8 Å². The number of hydrogen-bond acceptors (Lipinski definition) is 5. The average molecular weight is 368 g/mol. The van der Waals surface area contributed by atoms with Gasteiger partial charge in [0.2, 0.25) is 0 Å². The zero-order valence-corrected chi connectivity index (χ0v) is 16.5. The number of hydrogen-bond donors (Lipinski definition) is 1. The third-order valence-electron chi connectivity index (χ3n) is 4.65. The molecule has 6 heteroatoms. The first-order valence-corrected chi connectivity index (χ1v) is 9.59. The molecule has 27 heavy (non-hydrogen) atoms. The maximum absolute atomic E-state index is 12.7. The largest absolute Gasteiger partial charge is 0.491 e. The van der Waals surface area contributed by atoms with Gasteiger partial charge in [0.05, 0.1) is 6.10 Å². The Morgan fingerprint density at radius 3 is 2.48 bits per heavy atom. The van der Waals surface area contributed by atoms with Gasteiger partial charge in [-0.15, -0.1) is 0 Å². The quantitative estimate of drug-likeness (QED) is 0.862. The van der Waals surface area contributed by atoms with Crippen LogP contribution in [0.5, 0.6) is 5.75 Å². The number of amides is 1. The van der Waals surface area contributed by atoms with Crippen LogP contribution in [-0.4, -0.2) is 35.1 Å². The fourth-order valence-corrected chi connectivity index (χ4v) is 3.15. The molecule has 0 bridgehead atoms. The van der Waals surface area contributed by atoms with Crippen molar-refractivity contribution >= 4 is 17.4 Å². The lowest BCUT2D eigenvalue weighted by Crippen LogP contribution is -2.34. The topological polar surface area (TPSA) is 67.3 Å². The van der Waals surface area contributed by atoms with E-state index in [1.165, 1.54) is 0 Å². The normalized spacial score (nSPS) is 15.1. The molecule has 0 saturated carbocycles. The summed E-state index contributed by atoms with van der Waals surface area (Å²) in [5.74, 6) is 2.74. The second kappa shape index (κ2) is 8.37. The third-order valence-corrected chi connectivity index (χ3v) is 4.65. The highest BCUT2D eigenvalue weighted by Gasteiger charge is 2.19. The summed E-state index contributed by atoms with van der Waals surface area (Å²) in [6.45, 7) is 10.00. The van der Waals surface area contributed by atoms with Crippen molar-refractivity contribution in [1.82, 2.24) is 9.97 Å². The Balaban J connectivity index is 1.71. The molecule has 2 aromatic rings. The first-order chi connectivity index (χ1) is 12.9. The van der Waals surface area contributed by atoms with Gasteiger partial charge in [0.15, 0.2) is 0 Å². The van der Waals surface area contributed by atoms with Crippen LogP contribution in [0, 0.1) is 12.8 Å². The first-order valence-electron chi connectivity index (χ1n) is 9.59. The molecule has 1 amide bonds. The van der Waals surface area contributed by atoms with Gasteiger partial charge in [-0.2, -0.15) is 0 Å². The maximum Gasteiger partial charge on any atom is 0.274 e. The van der Waals surface area contributed by atoms with Crippen LogP contribution in [-0.2, 0) is 0 Å². The highest BCUT2D eigenvalue weighted by atomic mass is 16.5. The predicted octanol–water partition coefficient (Wildman–Crippen LogP) is 4.06. The minimum atomic E-state index is -0.232. The molecular formula is C21H28N4O2. The summed E-state index contributed by atoms with van der Waals surface area (Å²) < 4.78 is 5.63. The van der Waals surface area contributed by atoms with E-state index in [-0.39, 0.29) is 12.0 Å². The summed E-state index contributed by atoms with van der Waals surface area (Å²) in [5.41, 5.74) is 1.10. The number of nitrogens with zero attached hydrogens (tertiary/aromatic N) is 3. The molecule has 3 rings (SSSR count). The number of rotatable bonds is 5. The number of aromatic nitrogens is 2. The van der Waals surface area contributed by atoms with Crippen molar-refractivity contribution in [3.63, 3.8) is 0 Å². The number of carbonyl (C=O) groups excluding carboxylic acids is 1. The van der Waals surface area contributed by atoms with Gasteiger partial charge < -0.3 is 15.0 Å². The monoisotopic (exact) mass is 368 g/mol. The van der Waals surface area contributed by atoms with Crippen LogP contribution in [0.2, 0.25) is 0 Å². The Bertz CT molecular complexity index is 781. The SMILES string of the molecule is Cc1nc(C(=O)Nc2ccc(OC(C)C)cc2)cc(N2CCC(C)CC2)n1. The molecule has 1 fully saturated rings. The average Bonchev–Trinajstić information content (AvgIpc) is 2.63. The van der Waals surface area contributed by atoms with E-state index >= 15 is 0 Å². The Labute approximate surface area is 161 Å². The van der Waals surface area contributed by atoms with Crippen molar-refractivity contribution in [2.45, 2.75) is 46.6 Å². The third kappa shape index (κ3) is 5.18. The Hall–Kier alpha value is -2.63. The van der Waals surface area contributed by atoms with E-state index in [9.17, 15) is 4.79 Å². The van der Waals surface area contributed by atoms with Gasteiger partial charge in [0, 0.05) is 24.8 Å². The van der Waals surface area contributed by atoms with Crippen molar-refractivity contribution in [2.75, 3.05) is 23.3 Å². The number of nitrogens with one attached hydrogen (secondary N) is 1. The summed E-state index contributed by atoms with van der Waals surface area (Å²) in [6.07, 6.45) is 2.41. The van der Waals surface area contributed by atoms with Crippen LogP contribution < -0.4 is 15.0 Å². The van der Waals surface area contributed by atoms with Crippen molar-refractivity contribution < 1.29 is 9.53 Å². The van der Waals surface area contributed by atoms with E-state index in [0.717, 1.165) is 43.4 Å². The molecule has 1 aliphatic heterocycles. The summed E-state index contributed by atoms with van der Waals surface area (Å²) in [5, 5.41) is 2.90. The molecule has 0 aliphatic carbocycles. The first kappa shape index (κ1) is 19.1. The minimum absolute atomic E-state index is 0.116. The zero-order chi connectivity index (χ0) is 19.4.